The molecule has 6 heteroatoms. The van der Waals surface area contributed by atoms with Gasteiger partial charge < -0.3 is 16.0 Å². The number of carbonyl (C=O) groups excluding carboxylic acids is 1. The molecule has 2 aromatic rings. The standard InChI is InChI=1S/C25H35N5O/c1-19-8-4-5-11-22(19)17-29(3)25(27-2)28-15-20-9-6-10-21(14-20)16-30-13-7-12-23(18-30)24(26)31/h4-6,8-11,14,23H,7,12-13,15-18H2,1-3H3,(H2,26,31)(H,27,28). The molecule has 1 fully saturated rings. The fourth-order valence-electron chi connectivity index (χ4n) is 4.21. The second-order valence-electron chi connectivity index (χ2n) is 8.48. The Labute approximate surface area is 186 Å². The van der Waals surface area contributed by atoms with Crippen LogP contribution in [0.15, 0.2) is 53.5 Å². The van der Waals surface area contributed by atoms with Gasteiger partial charge in [-0.05, 0) is 48.6 Å². The van der Waals surface area contributed by atoms with Crippen LogP contribution in [-0.2, 0) is 24.4 Å². The number of guanidine groups is 1. The maximum atomic E-state index is 11.5. The highest BCUT2D eigenvalue weighted by molar-refractivity contribution is 5.79. The first-order valence-electron chi connectivity index (χ1n) is 11.0. The second kappa shape index (κ2) is 11.0. The van der Waals surface area contributed by atoms with Crippen LogP contribution in [0.3, 0.4) is 0 Å². The Morgan fingerprint density at radius 1 is 1.23 bits per heavy atom. The highest BCUT2D eigenvalue weighted by Gasteiger charge is 2.23. The van der Waals surface area contributed by atoms with Gasteiger partial charge in [0.05, 0.1) is 5.92 Å². The van der Waals surface area contributed by atoms with Gasteiger partial charge in [-0.25, -0.2) is 0 Å². The quantitative estimate of drug-likeness (QED) is 0.533. The molecule has 1 saturated heterocycles. The van der Waals surface area contributed by atoms with Crippen molar-refractivity contribution in [2.24, 2.45) is 16.6 Å². The van der Waals surface area contributed by atoms with Gasteiger partial charge in [-0.15, -0.1) is 0 Å². The summed E-state index contributed by atoms with van der Waals surface area (Å²) in [6, 6.07) is 17.1. The number of likely N-dealkylation sites (tertiary alicyclic amines) is 1. The van der Waals surface area contributed by atoms with Crippen LogP contribution >= 0.6 is 0 Å². The van der Waals surface area contributed by atoms with Gasteiger partial charge in [0, 0.05) is 40.3 Å². The molecule has 1 amide bonds. The number of aryl methyl sites for hydroxylation is 1. The molecule has 0 aliphatic carbocycles. The highest BCUT2D eigenvalue weighted by atomic mass is 16.1. The molecule has 0 bridgehead atoms. The van der Waals surface area contributed by atoms with E-state index in [9.17, 15) is 4.79 Å². The zero-order chi connectivity index (χ0) is 22.2. The van der Waals surface area contributed by atoms with Crippen LogP contribution in [0, 0.1) is 12.8 Å². The lowest BCUT2D eigenvalue weighted by Gasteiger charge is -2.31. The summed E-state index contributed by atoms with van der Waals surface area (Å²) < 4.78 is 0. The van der Waals surface area contributed by atoms with E-state index in [0.29, 0.717) is 6.54 Å². The van der Waals surface area contributed by atoms with E-state index < -0.39 is 0 Å². The number of amides is 1. The van der Waals surface area contributed by atoms with Gasteiger partial charge in [-0.3, -0.25) is 14.7 Å². The van der Waals surface area contributed by atoms with E-state index in [1.54, 1.807) is 0 Å². The van der Waals surface area contributed by atoms with E-state index >= 15 is 0 Å². The van der Waals surface area contributed by atoms with Gasteiger partial charge in [0.1, 0.15) is 0 Å². The third-order valence-corrected chi connectivity index (χ3v) is 6.00. The number of rotatable bonds is 7. The minimum Gasteiger partial charge on any atom is -0.369 e. The summed E-state index contributed by atoms with van der Waals surface area (Å²) in [6.45, 7) is 6.28. The summed E-state index contributed by atoms with van der Waals surface area (Å²) >= 11 is 0. The van der Waals surface area contributed by atoms with Crippen LogP contribution in [0.2, 0.25) is 0 Å². The Hall–Kier alpha value is -2.86. The third-order valence-electron chi connectivity index (χ3n) is 6.00. The predicted octanol–water partition coefficient (Wildman–Crippen LogP) is 2.90. The van der Waals surface area contributed by atoms with Crippen LogP contribution in [0.1, 0.15) is 35.1 Å². The maximum absolute atomic E-state index is 11.5. The van der Waals surface area contributed by atoms with Crippen molar-refractivity contribution < 1.29 is 4.79 Å². The molecule has 1 aliphatic heterocycles. The molecular formula is C25H35N5O. The first-order valence-corrected chi connectivity index (χ1v) is 11.0. The summed E-state index contributed by atoms with van der Waals surface area (Å²) in [7, 11) is 3.88. The molecule has 166 valence electrons. The van der Waals surface area contributed by atoms with Crippen molar-refractivity contribution in [2.75, 3.05) is 27.2 Å². The summed E-state index contributed by atoms with van der Waals surface area (Å²) in [5.74, 6) is 0.670. The molecular weight excluding hydrogens is 386 g/mol. The normalized spacial score (nSPS) is 17.4. The minimum absolute atomic E-state index is 0.0225. The molecule has 1 unspecified atom stereocenters. The van der Waals surface area contributed by atoms with Gasteiger partial charge in [-0.2, -0.15) is 0 Å². The topological polar surface area (TPSA) is 74.0 Å². The summed E-state index contributed by atoms with van der Waals surface area (Å²) in [5, 5.41) is 3.48. The van der Waals surface area contributed by atoms with Crippen molar-refractivity contribution >= 4 is 11.9 Å². The van der Waals surface area contributed by atoms with Crippen molar-refractivity contribution in [3.63, 3.8) is 0 Å². The Morgan fingerprint density at radius 2 is 2.00 bits per heavy atom. The number of piperidine rings is 1. The number of nitrogens with two attached hydrogens (primary N) is 1. The zero-order valence-electron chi connectivity index (χ0n) is 19.0. The zero-order valence-corrected chi connectivity index (χ0v) is 19.0. The van der Waals surface area contributed by atoms with Crippen LogP contribution in [0.4, 0.5) is 0 Å². The fraction of sp³-hybridized carbons (Fsp3) is 0.440. The average molecular weight is 422 g/mol. The van der Waals surface area contributed by atoms with E-state index in [1.165, 1.54) is 22.3 Å². The smallest absolute Gasteiger partial charge is 0.221 e. The van der Waals surface area contributed by atoms with E-state index in [4.69, 9.17) is 5.73 Å². The van der Waals surface area contributed by atoms with Gasteiger partial charge in [0.25, 0.3) is 0 Å². The number of benzene rings is 2. The molecule has 3 rings (SSSR count). The average Bonchev–Trinajstić information content (AvgIpc) is 2.76. The molecule has 1 atom stereocenters. The van der Waals surface area contributed by atoms with Crippen LogP contribution in [0.25, 0.3) is 0 Å². The lowest BCUT2D eigenvalue weighted by molar-refractivity contribution is -0.123. The minimum atomic E-state index is -0.177. The van der Waals surface area contributed by atoms with Crippen LogP contribution < -0.4 is 11.1 Å². The summed E-state index contributed by atoms with van der Waals surface area (Å²) in [5.41, 5.74) is 10.6. The number of nitrogens with one attached hydrogen (secondary N) is 1. The molecule has 6 nitrogen and oxygen atoms in total. The van der Waals surface area contributed by atoms with Gasteiger partial charge in [-0.1, -0.05) is 48.5 Å². The molecule has 2 aromatic carbocycles. The van der Waals surface area contributed by atoms with Crippen molar-refractivity contribution in [3.8, 4) is 0 Å². The second-order valence-corrected chi connectivity index (χ2v) is 8.48. The highest BCUT2D eigenvalue weighted by Crippen LogP contribution is 2.19. The Kier molecular flexibility index (Phi) is 8.06. The van der Waals surface area contributed by atoms with E-state index in [1.807, 2.05) is 7.05 Å². The number of aliphatic imine (C=N–C) groups is 1. The number of nitrogens with zero attached hydrogens (tertiary/aromatic N) is 3. The van der Waals surface area contributed by atoms with Gasteiger partial charge in [0.2, 0.25) is 5.91 Å². The first kappa shape index (κ1) is 22.8. The Balaban J connectivity index is 1.56. The monoisotopic (exact) mass is 421 g/mol. The molecule has 0 saturated carbocycles. The lowest BCUT2D eigenvalue weighted by Crippen LogP contribution is -2.40. The first-order chi connectivity index (χ1) is 15.0. The molecule has 31 heavy (non-hydrogen) atoms. The number of hydrogen-bond donors (Lipinski definition) is 2. The summed E-state index contributed by atoms with van der Waals surface area (Å²) in [4.78, 5) is 20.5. The van der Waals surface area contributed by atoms with Crippen molar-refractivity contribution in [3.05, 3.63) is 70.8 Å². The van der Waals surface area contributed by atoms with Crippen molar-refractivity contribution in [1.29, 1.82) is 0 Å². The molecule has 3 N–H and O–H groups in total. The van der Waals surface area contributed by atoms with E-state index in [2.05, 4.69) is 82.6 Å². The fourth-order valence-corrected chi connectivity index (χ4v) is 4.21. The predicted molar refractivity (Wildman–Crippen MR) is 126 cm³/mol. The summed E-state index contributed by atoms with van der Waals surface area (Å²) in [6.07, 6.45) is 1.93. The Morgan fingerprint density at radius 3 is 2.74 bits per heavy atom. The third kappa shape index (κ3) is 6.56. The number of primary amides is 1. The Bertz CT molecular complexity index is 910. The molecule has 0 spiro atoms. The molecule has 1 heterocycles. The van der Waals surface area contributed by atoms with Gasteiger partial charge >= 0.3 is 0 Å². The van der Waals surface area contributed by atoms with E-state index in [-0.39, 0.29) is 11.8 Å². The number of carbonyl (C=O) groups is 1. The van der Waals surface area contributed by atoms with Gasteiger partial charge in [0.15, 0.2) is 5.96 Å². The SMILES string of the molecule is CN=C(NCc1cccc(CN2CCCC(C(N)=O)C2)c1)N(C)Cc1ccccc1C. The van der Waals surface area contributed by atoms with Crippen LogP contribution in [0.5, 0.6) is 0 Å². The van der Waals surface area contributed by atoms with Crippen LogP contribution in [-0.4, -0.2) is 48.9 Å². The largest absolute Gasteiger partial charge is 0.369 e. The lowest BCUT2D eigenvalue weighted by atomic mass is 9.97. The van der Waals surface area contributed by atoms with Crippen molar-refractivity contribution in [2.45, 2.75) is 39.4 Å². The maximum Gasteiger partial charge on any atom is 0.221 e. The molecule has 0 aromatic heterocycles. The van der Waals surface area contributed by atoms with E-state index in [0.717, 1.165) is 45.0 Å². The number of hydrogen-bond acceptors (Lipinski definition) is 3. The van der Waals surface area contributed by atoms with Crippen molar-refractivity contribution in [1.82, 2.24) is 15.1 Å². The molecule has 1 aliphatic rings. The molecule has 0 radical (unpaired) electrons.